The maximum atomic E-state index is 13.0. The van der Waals surface area contributed by atoms with E-state index in [1.54, 1.807) is 0 Å². The van der Waals surface area contributed by atoms with Gasteiger partial charge in [-0.25, -0.2) is 23.5 Å². The number of rotatable bonds is 3. The first kappa shape index (κ1) is 14.3. The van der Waals surface area contributed by atoms with Gasteiger partial charge in [-0.1, -0.05) is 0 Å². The fourth-order valence-corrected chi connectivity index (χ4v) is 3.56. The number of halogens is 2. The Bertz CT molecular complexity index is 553. The zero-order valence-corrected chi connectivity index (χ0v) is 11.7. The van der Waals surface area contributed by atoms with Crippen LogP contribution in [0.1, 0.15) is 59.9 Å². The van der Waals surface area contributed by atoms with E-state index >= 15 is 0 Å². The van der Waals surface area contributed by atoms with Crippen molar-refractivity contribution in [2.75, 3.05) is 7.05 Å². The zero-order chi connectivity index (χ0) is 15.1. The molecule has 1 aromatic heterocycles. The van der Waals surface area contributed by atoms with Crippen molar-refractivity contribution in [1.29, 1.82) is 0 Å². The maximum Gasteiger partial charge on any atom is 0.339 e. The highest BCUT2D eigenvalue weighted by Crippen LogP contribution is 2.41. The average Bonchev–Trinajstić information content (AvgIpc) is 2.67. The molecule has 0 saturated carbocycles. The van der Waals surface area contributed by atoms with Gasteiger partial charge in [0.2, 0.25) is 0 Å². The number of alkyl halides is 2. The lowest BCUT2D eigenvalue weighted by atomic mass is 9.90. The van der Waals surface area contributed by atoms with E-state index in [-0.39, 0.29) is 5.92 Å². The minimum absolute atomic E-state index is 0.0408. The van der Waals surface area contributed by atoms with Crippen LogP contribution in [-0.2, 0) is 0 Å². The fraction of sp³-hybridized carbons (Fsp3) is 0.643. The van der Waals surface area contributed by atoms with Gasteiger partial charge in [-0.3, -0.25) is 0 Å². The maximum absolute atomic E-state index is 13.0. The summed E-state index contributed by atoms with van der Waals surface area (Å²) >= 11 is 0. The summed E-state index contributed by atoms with van der Waals surface area (Å²) in [5.74, 6) is -1.01. The molecule has 3 rings (SSSR count). The highest BCUT2D eigenvalue weighted by Gasteiger charge is 2.40. The monoisotopic (exact) mass is 297 g/mol. The molecule has 21 heavy (non-hydrogen) atoms. The van der Waals surface area contributed by atoms with Gasteiger partial charge in [0.25, 0.3) is 6.43 Å². The Morgan fingerprint density at radius 3 is 2.52 bits per heavy atom. The third-order valence-corrected chi connectivity index (χ3v) is 4.74. The van der Waals surface area contributed by atoms with Crippen LogP contribution in [0.25, 0.3) is 0 Å². The Morgan fingerprint density at radius 2 is 2.00 bits per heavy atom. The molecule has 2 atom stereocenters. The quantitative estimate of drug-likeness (QED) is 0.928. The second-order valence-corrected chi connectivity index (χ2v) is 5.85. The topological polar surface area (TPSA) is 66.3 Å². The van der Waals surface area contributed by atoms with Gasteiger partial charge in [-0.05, 0) is 32.7 Å². The van der Waals surface area contributed by atoms with Crippen LogP contribution >= 0.6 is 0 Å². The summed E-state index contributed by atoms with van der Waals surface area (Å²) in [6.07, 6.45) is 2.05. The van der Waals surface area contributed by atoms with Crippen molar-refractivity contribution >= 4 is 5.97 Å². The molecule has 3 heterocycles. The number of fused-ring (bicyclic) bond motifs is 2. The molecule has 2 aliphatic rings. The van der Waals surface area contributed by atoms with Crippen molar-refractivity contribution in [3.05, 3.63) is 23.3 Å². The number of aromatic carboxylic acids is 1. The van der Waals surface area contributed by atoms with E-state index < -0.39 is 23.7 Å². The SMILES string of the molecule is CN1C2CCC1CC(c1ncc(C(=O)O)c(C(F)F)n1)C2. The molecule has 0 spiro atoms. The second kappa shape index (κ2) is 5.29. The first-order valence-corrected chi connectivity index (χ1v) is 7.07. The van der Waals surface area contributed by atoms with E-state index in [1.165, 1.54) is 0 Å². The van der Waals surface area contributed by atoms with Gasteiger partial charge in [0.15, 0.2) is 0 Å². The van der Waals surface area contributed by atoms with Crippen molar-refractivity contribution < 1.29 is 18.7 Å². The summed E-state index contributed by atoms with van der Waals surface area (Å²) in [6, 6.07) is 0.901. The van der Waals surface area contributed by atoms with E-state index in [0.29, 0.717) is 17.9 Å². The zero-order valence-electron chi connectivity index (χ0n) is 11.7. The Morgan fingerprint density at radius 1 is 1.38 bits per heavy atom. The molecular formula is C14H17F2N3O2. The standard InChI is InChI=1S/C14H17F2N3O2/c1-19-8-2-3-9(19)5-7(4-8)13-17-6-10(14(20)21)11(18-13)12(15)16/h6-9,12H,2-5H2,1H3,(H,20,21). The summed E-state index contributed by atoms with van der Waals surface area (Å²) in [6.45, 7) is 0. The number of piperidine rings is 1. The van der Waals surface area contributed by atoms with Crippen LogP contribution < -0.4 is 0 Å². The largest absolute Gasteiger partial charge is 0.478 e. The number of carboxylic acids is 1. The molecule has 1 aromatic rings. The Kier molecular flexibility index (Phi) is 3.61. The van der Waals surface area contributed by atoms with Gasteiger partial charge < -0.3 is 10.0 Å². The van der Waals surface area contributed by atoms with Gasteiger partial charge in [0.1, 0.15) is 17.1 Å². The Balaban J connectivity index is 1.90. The number of aromatic nitrogens is 2. The minimum Gasteiger partial charge on any atom is -0.478 e. The molecule has 0 aromatic carbocycles. The number of hydrogen-bond acceptors (Lipinski definition) is 4. The van der Waals surface area contributed by atoms with E-state index in [0.717, 1.165) is 31.9 Å². The van der Waals surface area contributed by atoms with Gasteiger partial charge >= 0.3 is 5.97 Å². The Labute approximate surface area is 121 Å². The molecule has 114 valence electrons. The molecule has 0 radical (unpaired) electrons. The van der Waals surface area contributed by atoms with Crippen molar-refractivity contribution in [1.82, 2.24) is 14.9 Å². The van der Waals surface area contributed by atoms with Crippen LogP contribution in [0.4, 0.5) is 8.78 Å². The van der Waals surface area contributed by atoms with Crippen molar-refractivity contribution in [3.63, 3.8) is 0 Å². The molecule has 2 bridgehead atoms. The molecule has 7 heteroatoms. The smallest absolute Gasteiger partial charge is 0.339 e. The first-order valence-electron chi connectivity index (χ1n) is 7.07. The number of nitrogens with zero attached hydrogens (tertiary/aromatic N) is 3. The predicted octanol–water partition coefficient (Wildman–Crippen LogP) is 2.45. The van der Waals surface area contributed by atoms with Crippen LogP contribution in [0.2, 0.25) is 0 Å². The average molecular weight is 297 g/mol. The highest BCUT2D eigenvalue weighted by atomic mass is 19.3. The van der Waals surface area contributed by atoms with E-state index in [9.17, 15) is 13.6 Å². The molecule has 5 nitrogen and oxygen atoms in total. The van der Waals surface area contributed by atoms with Crippen LogP contribution in [0.3, 0.4) is 0 Å². The van der Waals surface area contributed by atoms with Crippen molar-refractivity contribution in [3.8, 4) is 0 Å². The normalized spacial score (nSPS) is 29.0. The predicted molar refractivity (Wildman–Crippen MR) is 70.5 cm³/mol. The van der Waals surface area contributed by atoms with E-state index in [1.807, 2.05) is 0 Å². The van der Waals surface area contributed by atoms with Gasteiger partial charge in [0, 0.05) is 24.2 Å². The second-order valence-electron chi connectivity index (χ2n) is 5.85. The third kappa shape index (κ3) is 2.50. The van der Waals surface area contributed by atoms with Gasteiger partial charge in [0.05, 0.1) is 0 Å². The lowest BCUT2D eigenvalue weighted by Gasteiger charge is -2.35. The molecule has 1 N–H and O–H groups in total. The van der Waals surface area contributed by atoms with Crippen LogP contribution in [0.5, 0.6) is 0 Å². The number of carboxylic acid groups (broad SMARTS) is 1. The molecule has 0 aliphatic carbocycles. The lowest BCUT2D eigenvalue weighted by molar-refractivity contribution is 0.0681. The van der Waals surface area contributed by atoms with Crippen LogP contribution in [0.15, 0.2) is 6.20 Å². The van der Waals surface area contributed by atoms with Gasteiger partial charge in [-0.2, -0.15) is 0 Å². The number of carbonyl (C=O) groups is 1. The summed E-state index contributed by atoms with van der Waals surface area (Å²) in [5.41, 5.74) is -1.18. The molecule has 2 fully saturated rings. The summed E-state index contributed by atoms with van der Waals surface area (Å²) in [7, 11) is 2.09. The van der Waals surface area contributed by atoms with Crippen molar-refractivity contribution in [2.45, 2.75) is 50.1 Å². The summed E-state index contributed by atoms with van der Waals surface area (Å²) in [4.78, 5) is 21.2. The molecule has 2 saturated heterocycles. The molecule has 2 aliphatic heterocycles. The van der Waals surface area contributed by atoms with E-state index in [4.69, 9.17) is 5.11 Å². The number of hydrogen-bond donors (Lipinski definition) is 1. The minimum atomic E-state index is -2.90. The fourth-order valence-electron chi connectivity index (χ4n) is 3.56. The molecule has 2 unspecified atom stereocenters. The summed E-state index contributed by atoms with van der Waals surface area (Å²) < 4.78 is 26.0. The van der Waals surface area contributed by atoms with Crippen molar-refractivity contribution in [2.24, 2.45) is 0 Å². The Hall–Kier alpha value is -1.63. The highest BCUT2D eigenvalue weighted by molar-refractivity contribution is 5.88. The van der Waals surface area contributed by atoms with Gasteiger partial charge in [-0.15, -0.1) is 0 Å². The first-order chi connectivity index (χ1) is 9.97. The third-order valence-electron chi connectivity index (χ3n) is 4.74. The summed E-state index contributed by atoms with van der Waals surface area (Å²) in [5, 5.41) is 8.92. The van der Waals surface area contributed by atoms with Crippen LogP contribution in [0, 0.1) is 0 Å². The molecule has 0 amide bonds. The van der Waals surface area contributed by atoms with E-state index in [2.05, 4.69) is 21.9 Å². The molecular weight excluding hydrogens is 280 g/mol. The lowest BCUT2D eigenvalue weighted by Crippen LogP contribution is -2.39. The van der Waals surface area contributed by atoms with Crippen LogP contribution in [-0.4, -0.2) is 45.1 Å².